The minimum Gasteiger partial charge on any atom is -0.342 e. The number of aromatic nitrogens is 3. The first-order valence-electron chi connectivity index (χ1n) is 11.0. The average molecular weight is 433 g/mol. The Kier molecular flexibility index (Phi) is 6.96. The van der Waals surface area contributed by atoms with Gasteiger partial charge < -0.3 is 9.47 Å². The monoisotopic (exact) mass is 432 g/mol. The SMILES string of the molecule is CC1CCN(C(=O)[C@@H](C)Sc2nnc(Cc3cccs3)n2C2CCCCC2)CC1. The highest BCUT2D eigenvalue weighted by atomic mass is 32.2. The van der Waals surface area contributed by atoms with Crippen LogP contribution >= 0.6 is 23.1 Å². The molecule has 2 fully saturated rings. The van der Waals surface area contributed by atoms with Gasteiger partial charge in [-0.05, 0) is 50.0 Å². The van der Waals surface area contributed by atoms with Crippen LogP contribution in [-0.2, 0) is 11.2 Å². The van der Waals surface area contributed by atoms with Gasteiger partial charge in [-0.2, -0.15) is 0 Å². The van der Waals surface area contributed by atoms with Crippen LogP contribution in [0.2, 0.25) is 0 Å². The van der Waals surface area contributed by atoms with E-state index in [1.165, 1.54) is 37.0 Å². The van der Waals surface area contributed by atoms with Gasteiger partial charge in [0.05, 0.1) is 5.25 Å². The van der Waals surface area contributed by atoms with Crippen LogP contribution < -0.4 is 0 Å². The first-order valence-corrected chi connectivity index (χ1v) is 12.8. The van der Waals surface area contributed by atoms with Crippen LogP contribution in [0.4, 0.5) is 0 Å². The summed E-state index contributed by atoms with van der Waals surface area (Å²) in [6.45, 7) is 6.10. The Morgan fingerprint density at radius 1 is 1.21 bits per heavy atom. The van der Waals surface area contributed by atoms with Gasteiger partial charge in [-0.15, -0.1) is 21.5 Å². The Bertz CT molecular complexity index is 790. The molecule has 2 aliphatic rings. The number of thiophene rings is 1. The first kappa shape index (κ1) is 20.9. The van der Waals surface area contributed by atoms with Crippen molar-refractivity contribution in [3.05, 3.63) is 28.2 Å². The number of piperidine rings is 1. The highest BCUT2D eigenvalue weighted by Crippen LogP contribution is 2.35. The quantitative estimate of drug-likeness (QED) is 0.591. The van der Waals surface area contributed by atoms with E-state index in [1.807, 2.05) is 11.8 Å². The molecule has 0 N–H and O–H groups in total. The molecule has 5 nitrogen and oxygen atoms in total. The summed E-state index contributed by atoms with van der Waals surface area (Å²) in [7, 11) is 0. The minimum absolute atomic E-state index is 0.121. The third-order valence-electron chi connectivity index (χ3n) is 6.31. The van der Waals surface area contributed by atoms with Gasteiger partial charge in [0.25, 0.3) is 0 Å². The van der Waals surface area contributed by atoms with Gasteiger partial charge in [-0.1, -0.05) is 44.0 Å². The van der Waals surface area contributed by atoms with E-state index >= 15 is 0 Å². The summed E-state index contributed by atoms with van der Waals surface area (Å²) < 4.78 is 2.37. The normalized spacial score (nSPS) is 20.1. The standard InChI is InChI=1S/C22H32N4OS2/c1-16-10-12-25(13-11-16)21(27)17(2)29-22-24-23-20(15-19-9-6-14-28-19)26(22)18-7-4-3-5-8-18/h6,9,14,16-18H,3-5,7-8,10-13,15H2,1-2H3/t17-/m1/s1. The van der Waals surface area contributed by atoms with Crippen LogP contribution in [0.5, 0.6) is 0 Å². The Labute approximate surface area is 182 Å². The number of thioether (sulfide) groups is 1. The van der Waals surface area contributed by atoms with Crippen LogP contribution in [0.25, 0.3) is 0 Å². The smallest absolute Gasteiger partial charge is 0.235 e. The van der Waals surface area contributed by atoms with E-state index in [1.54, 1.807) is 23.1 Å². The molecule has 0 spiro atoms. The molecule has 1 saturated heterocycles. The van der Waals surface area contributed by atoms with Crippen LogP contribution in [0, 0.1) is 5.92 Å². The van der Waals surface area contributed by atoms with Gasteiger partial charge in [-0.25, -0.2) is 0 Å². The van der Waals surface area contributed by atoms with Crippen molar-refractivity contribution in [1.82, 2.24) is 19.7 Å². The molecule has 29 heavy (non-hydrogen) atoms. The number of rotatable bonds is 6. The summed E-state index contributed by atoms with van der Waals surface area (Å²) in [4.78, 5) is 16.4. The number of likely N-dealkylation sites (tertiary alicyclic amines) is 1. The molecule has 2 aromatic heterocycles. The molecule has 0 bridgehead atoms. The molecule has 158 valence electrons. The molecule has 0 aromatic carbocycles. The van der Waals surface area contributed by atoms with Crippen molar-refractivity contribution in [1.29, 1.82) is 0 Å². The Morgan fingerprint density at radius 2 is 1.97 bits per heavy atom. The molecule has 7 heteroatoms. The van der Waals surface area contributed by atoms with Crippen LogP contribution in [0.1, 0.15) is 75.5 Å². The number of nitrogens with zero attached hydrogens (tertiary/aromatic N) is 4. The van der Waals surface area contributed by atoms with Gasteiger partial charge in [0.15, 0.2) is 5.16 Å². The second-order valence-electron chi connectivity index (χ2n) is 8.58. The molecule has 1 aliphatic heterocycles. The zero-order valence-corrected chi connectivity index (χ0v) is 19.2. The highest BCUT2D eigenvalue weighted by Gasteiger charge is 2.29. The van der Waals surface area contributed by atoms with E-state index in [9.17, 15) is 4.79 Å². The molecule has 0 unspecified atom stereocenters. The van der Waals surface area contributed by atoms with Crippen LogP contribution in [0.15, 0.2) is 22.7 Å². The predicted octanol–water partition coefficient (Wildman–Crippen LogP) is 5.17. The van der Waals surface area contributed by atoms with Crippen molar-refractivity contribution in [3.63, 3.8) is 0 Å². The molecule has 1 amide bonds. The van der Waals surface area contributed by atoms with E-state index in [0.717, 1.165) is 49.3 Å². The van der Waals surface area contributed by atoms with E-state index in [0.29, 0.717) is 6.04 Å². The number of carbonyl (C=O) groups excluding carboxylic acids is 1. The summed E-state index contributed by atoms with van der Waals surface area (Å²) >= 11 is 3.37. The lowest BCUT2D eigenvalue weighted by atomic mass is 9.95. The molecular weight excluding hydrogens is 400 g/mol. The van der Waals surface area contributed by atoms with Crippen molar-refractivity contribution in [3.8, 4) is 0 Å². The molecule has 0 radical (unpaired) electrons. The lowest BCUT2D eigenvalue weighted by molar-refractivity contribution is -0.131. The second kappa shape index (κ2) is 9.65. The summed E-state index contributed by atoms with van der Waals surface area (Å²) in [5.41, 5.74) is 0. The fourth-order valence-electron chi connectivity index (χ4n) is 4.48. The third kappa shape index (κ3) is 5.05. The maximum absolute atomic E-state index is 13.0. The topological polar surface area (TPSA) is 51.0 Å². The van der Waals surface area contributed by atoms with E-state index in [-0.39, 0.29) is 11.2 Å². The van der Waals surface area contributed by atoms with Crippen molar-refractivity contribution >= 4 is 29.0 Å². The fraction of sp³-hybridized carbons (Fsp3) is 0.682. The van der Waals surface area contributed by atoms with Gasteiger partial charge in [-0.3, -0.25) is 4.79 Å². The lowest BCUT2D eigenvalue weighted by Gasteiger charge is -2.32. The van der Waals surface area contributed by atoms with Gasteiger partial charge in [0, 0.05) is 30.4 Å². The minimum atomic E-state index is -0.121. The molecule has 2 aromatic rings. The Morgan fingerprint density at radius 3 is 2.66 bits per heavy atom. The zero-order valence-electron chi connectivity index (χ0n) is 17.5. The summed E-state index contributed by atoms with van der Waals surface area (Å²) in [5, 5.41) is 12.1. The lowest BCUT2D eigenvalue weighted by Crippen LogP contribution is -2.41. The largest absolute Gasteiger partial charge is 0.342 e. The van der Waals surface area contributed by atoms with Crippen molar-refractivity contribution < 1.29 is 4.79 Å². The molecule has 1 saturated carbocycles. The number of carbonyl (C=O) groups is 1. The van der Waals surface area contributed by atoms with Gasteiger partial charge in [0.2, 0.25) is 5.91 Å². The highest BCUT2D eigenvalue weighted by molar-refractivity contribution is 8.00. The third-order valence-corrected chi connectivity index (χ3v) is 8.23. The summed E-state index contributed by atoms with van der Waals surface area (Å²) in [6, 6.07) is 4.73. The zero-order chi connectivity index (χ0) is 20.2. The average Bonchev–Trinajstić information content (AvgIpc) is 3.39. The van der Waals surface area contributed by atoms with E-state index in [2.05, 4.69) is 39.2 Å². The molecule has 3 heterocycles. The van der Waals surface area contributed by atoms with Crippen molar-refractivity contribution in [2.75, 3.05) is 13.1 Å². The summed E-state index contributed by atoms with van der Waals surface area (Å²) in [6.07, 6.45) is 9.30. The van der Waals surface area contributed by atoms with E-state index < -0.39 is 0 Å². The molecule has 1 aliphatic carbocycles. The maximum atomic E-state index is 13.0. The first-order chi connectivity index (χ1) is 14.1. The van der Waals surface area contributed by atoms with Gasteiger partial charge in [0.1, 0.15) is 5.82 Å². The Balaban J connectivity index is 1.51. The molecule has 4 rings (SSSR count). The second-order valence-corrected chi connectivity index (χ2v) is 10.9. The Hall–Kier alpha value is -1.34. The fourth-order valence-corrected chi connectivity index (χ4v) is 6.20. The van der Waals surface area contributed by atoms with Gasteiger partial charge >= 0.3 is 0 Å². The molecular formula is C22H32N4OS2. The summed E-state index contributed by atoms with van der Waals surface area (Å²) in [5.74, 6) is 2.03. The van der Waals surface area contributed by atoms with Crippen molar-refractivity contribution in [2.24, 2.45) is 5.92 Å². The molecule has 1 atom stereocenters. The maximum Gasteiger partial charge on any atom is 0.235 e. The predicted molar refractivity (Wildman–Crippen MR) is 120 cm³/mol. The number of hydrogen-bond acceptors (Lipinski definition) is 5. The van der Waals surface area contributed by atoms with E-state index in [4.69, 9.17) is 0 Å². The van der Waals surface area contributed by atoms with Crippen LogP contribution in [0.3, 0.4) is 0 Å². The van der Waals surface area contributed by atoms with Crippen molar-refractivity contribution in [2.45, 2.75) is 81.7 Å². The number of amides is 1. The number of hydrogen-bond donors (Lipinski definition) is 0. The van der Waals surface area contributed by atoms with Crippen LogP contribution in [-0.4, -0.2) is 43.9 Å².